The number of hydrogen-bond donors (Lipinski definition) is 1. The van der Waals surface area contributed by atoms with Gasteiger partial charge in [-0.25, -0.2) is 0 Å². The van der Waals surface area contributed by atoms with Crippen LogP contribution in [0.5, 0.6) is 0 Å². The fraction of sp³-hybridized carbons (Fsp3) is 0.174. The highest BCUT2D eigenvalue weighted by Crippen LogP contribution is 2.38. The first-order valence-electron chi connectivity index (χ1n) is 9.24. The zero-order valence-electron chi connectivity index (χ0n) is 15.8. The summed E-state index contributed by atoms with van der Waals surface area (Å²) in [6.45, 7) is 0. The summed E-state index contributed by atoms with van der Waals surface area (Å²) in [5, 5.41) is 4.20. The van der Waals surface area contributed by atoms with Crippen molar-refractivity contribution >= 4 is 29.3 Å². The summed E-state index contributed by atoms with van der Waals surface area (Å²) in [5.74, 6) is 0.415. The quantitative estimate of drug-likeness (QED) is 0.474. The normalized spacial score (nSPS) is 18.3. The summed E-state index contributed by atoms with van der Waals surface area (Å²) in [7, 11) is 0. The Kier molecular flexibility index (Phi) is 7.10. The number of thioether (sulfide) groups is 1. The standard InChI is InChI=1S/C23H19F3N2S.ClH/c24-23(25,26)19-13-7-8-16(14-19)15-29-22-27-20(17-9-3-1-4-10-17)21(28-22)18-11-5-2-6-12-18;/h1-14,20-21H,15H2,(H,27,28);1H. The fourth-order valence-electron chi connectivity index (χ4n) is 3.36. The molecule has 0 amide bonds. The Morgan fingerprint density at radius 1 is 0.833 bits per heavy atom. The van der Waals surface area contributed by atoms with Gasteiger partial charge in [0.05, 0.1) is 11.6 Å². The molecule has 30 heavy (non-hydrogen) atoms. The molecule has 4 rings (SSSR count). The van der Waals surface area contributed by atoms with Gasteiger partial charge in [0.1, 0.15) is 6.04 Å². The van der Waals surface area contributed by atoms with Gasteiger partial charge in [-0.15, -0.1) is 12.4 Å². The third kappa shape index (κ3) is 5.18. The summed E-state index contributed by atoms with van der Waals surface area (Å²) in [4.78, 5) is 4.85. The first kappa shape index (κ1) is 22.2. The Labute approximate surface area is 184 Å². The second-order valence-corrected chi connectivity index (χ2v) is 7.77. The maximum Gasteiger partial charge on any atom is 0.416 e. The lowest BCUT2D eigenvalue weighted by molar-refractivity contribution is -0.137. The number of halogens is 4. The van der Waals surface area contributed by atoms with Crippen LogP contribution in [0.25, 0.3) is 0 Å². The molecule has 0 radical (unpaired) electrons. The minimum atomic E-state index is -4.33. The van der Waals surface area contributed by atoms with Crippen LogP contribution in [-0.2, 0) is 11.9 Å². The Morgan fingerprint density at radius 3 is 2.10 bits per heavy atom. The highest BCUT2D eigenvalue weighted by molar-refractivity contribution is 8.13. The first-order valence-corrected chi connectivity index (χ1v) is 10.2. The van der Waals surface area contributed by atoms with Crippen LogP contribution in [0.1, 0.15) is 34.3 Å². The van der Waals surface area contributed by atoms with Crippen LogP contribution in [0.2, 0.25) is 0 Å². The molecule has 0 saturated carbocycles. The molecule has 1 aliphatic heterocycles. The molecule has 1 heterocycles. The van der Waals surface area contributed by atoms with Gasteiger partial charge < -0.3 is 5.32 Å². The van der Waals surface area contributed by atoms with Crippen molar-refractivity contribution in [2.24, 2.45) is 4.99 Å². The maximum atomic E-state index is 12.9. The van der Waals surface area contributed by atoms with Gasteiger partial charge in [-0.2, -0.15) is 13.2 Å². The van der Waals surface area contributed by atoms with Gasteiger partial charge in [-0.1, -0.05) is 90.6 Å². The van der Waals surface area contributed by atoms with Crippen molar-refractivity contribution in [3.8, 4) is 0 Å². The largest absolute Gasteiger partial charge is 0.416 e. The molecule has 3 aromatic rings. The van der Waals surface area contributed by atoms with E-state index in [2.05, 4.69) is 17.4 Å². The van der Waals surface area contributed by atoms with E-state index in [4.69, 9.17) is 4.99 Å². The lowest BCUT2D eigenvalue weighted by Crippen LogP contribution is -2.22. The highest BCUT2D eigenvalue weighted by atomic mass is 35.5. The third-order valence-electron chi connectivity index (χ3n) is 4.78. The topological polar surface area (TPSA) is 24.4 Å². The van der Waals surface area contributed by atoms with Gasteiger partial charge in [0.2, 0.25) is 0 Å². The van der Waals surface area contributed by atoms with Crippen LogP contribution in [0, 0.1) is 0 Å². The molecule has 1 N–H and O–H groups in total. The molecule has 7 heteroatoms. The van der Waals surface area contributed by atoms with E-state index in [1.165, 1.54) is 23.9 Å². The maximum absolute atomic E-state index is 12.9. The van der Waals surface area contributed by atoms with Crippen LogP contribution in [0.3, 0.4) is 0 Å². The number of hydrogen-bond acceptors (Lipinski definition) is 3. The van der Waals surface area contributed by atoms with Crippen molar-refractivity contribution in [3.05, 3.63) is 107 Å². The predicted molar refractivity (Wildman–Crippen MR) is 119 cm³/mol. The van der Waals surface area contributed by atoms with E-state index in [0.717, 1.165) is 22.4 Å². The molecule has 0 aliphatic carbocycles. The molecule has 2 atom stereocenters. The van der Waals surface area contributed by atoms with Crippen LogP contribution < -0.4 is 5.32 Å². The van der Waals surface area contributed by atoms with Gasteiger partial charge in [-0.3, -0.25) is 4.99 Å². The summed E-state index contributed by atoms with van der Waals surface area (Å²) >= 11 is 1.42. The van der Waals surface area contributed by atoms with E-state index in [1.54, 1.807) is 6.07 Å². The minimum Gasteiger partial charge on any atom is -0.356 e. The van der Waals surface area contributed by atoms with Crippen molar-refractivity contribution in [2.75, 3.05) is 0 Å². The minimum absolute atomic E-state index is 0. The molecule has 156 valence electrons. The molecule has 0 spiro atoms. The van der Waals surface area contributed by atoms with Gasteiger partial charge in [0, 0.05) is 5.75 Å². The number of nitrogens with one attached hydrogen (secondary N) is 1. The predicted octanol–water partition coefficient (Wildman–Crippen LogP) is 6.80. The smallest absolute Gasteiger partial charge is 0.356 e. The summed E-state index contributed by atoms with van der Waals surface area (Å²) in [6.07, 6.45) is -4.33. The Morgan fingerprint density at radius 2 is 1.47 bits per heavy atom. The SMILES string of the molecule is Cl.FC(F)(F)c1cccc(CSC2=NC(c3ccccc3)C(c3ccccc3)N2)c1. The number of benzene rings is 3. The average Bonchev–Trinajstić information content (AvgIpc) is 3.18. The summed E-state index contributed by atoms with van der Waals surface area (Å²) < 4.78 is 38.8. The Balaban J connectivity index is 0.00000256. The van der Waals surface area contributed by atoms with Crippen molar-refractivity contribution in [3.63, 3.8) is 0 Å². The molecular formula is C23H20ClF3N2S. The molecule has 2 unspecified atom stereocenters. The molecule has 0 saturated heterocycles. The zero-order chi connectivity index (χ0) is 20.3. The van der Waals surface area contributed by atoms with Crippen LogP contribution in [0.15, 0.2) is 89.9 Å². The van der Waals surface area contributed by atoms with Crippen LogP contribution in [0.4, 0.5) is 13.2 Å². The second-order valence-electron chi connectivity index (χ2n) is 6.81. The van der Waals surface area contributed by atoms with Crippen molar-refractivity contribution in [1.29, 1.82) is 0 Å². The number of amidine groups is 1. The average molecular weight is 449 g/mol. The van der Waals surface area contributed by atoms with E-state index in [1.807, 2.05) is 48.5 Å². The monoisotopic (exact) mass is 448 g/mol. The van der Waals surface area contributed by atoms with Gasteiger partial charge in [0.25, 0.3) is 0 Å². The van der Waals surface area contributed by atoms with Crippen molar-refractivity contribution in [2.45, 2.75) is 24.0 Å². The summed E-state index contributed by atoms with van der Waals surface area (Å²) in [5.41, 5.74) is 2.22. The van der Waals surface area contributed by atoms with Gasteiger partial charge in [-0.05, 0) is 22.8 Å². The number of nitrogens with zero attached hydrogens (tertiary/aromatic N) is 1. The van der Waals surface area contributed by atoms with E-state index in [0.29, 0.717) is 11.3 Å². The van der Waals surface area contributed by atoms with Gasteiger partial charge in [0.15, 0.2) is 5.17 Å². The van der Waals surface area contributed by atoms with E-state index in [9.17, 15) is 13.2 Å². The Hall–Kier alpha value is -2.44. The zero-order valence-corrected chi connectivity index (χ0v) is 17.5. The molecule has 3 aromatic carbocycles. The van der Waals surface area contributed by atoms with E-state index < -0.39 is 11.7 Å². The van der Waals surface area contributed by atoms with E-state index >= 15 is 0 Å². The van der Waals surface area contributed by atoms with Crippen molar-refractivity contribution < 1.29 is 13.2 Å². The number of rotatable bonds is 4. The van der Waals surface area contributed by atoms with Crippen LogP contribution >= 0.6 is 24.2 Å². The Bertz CT molecular complexity index is 994. The van der Waals surface area contributed by atoms with Gasteiger partial charge >= 0.3 is 6.18 Å². The lowest BCUT2D eigenvalue weighted by atomic mass is 9.95. The molecule has 0 bridgehead atoms. The lowest BCUT2D eigenvalue weighted by Gasteiger charge is -2.19. The fourth-order valence-corrected chi connectivity index (χ4v) is 4.24. The molecular weight excluding hydrogens is 429 g/mol. The third-order valence-corrected chi connectivity index (χ3v) is 5.76. The highest BCUT2D eigenvalue weighted by Gasteiger charge is 2.32. The van der Waals surface area contributed by atoms with Crippen LogP contribution in [-0.4, -0.2) is 5.17 Å². The summed E-state index contributed by atoms with van der Waals surface area (Å²) in [6, 6.07) is 25.5. The molecule has 0 aromatic heterocycles. The second kappa shape index (κ2) is 9.58. The number of alkyl halides is 3. The number of aliphatic imine (C=N–C) groups is 1. The molecule has 0 fully saturated rings. The first-order chi connectivity index (χ1) is 14.0. The van der Waals surface area contributed by atoms with Crippen molar-refractivity contribution in [1.82, 2.24) is 5.32 Å². The molecule has 2 nitrogen and oxygen atoms in total. The van der Waals surface area contributed by atoms with E-state index in [-0.39, 0.29) is 24.5 Å². The molecule has 1 aliphatic rings.